The maximum absolute atomic E-state index is 15.4. The standard InChI is InChI=1S/C21H17F4NO4S/c22-20(31(29,30)15-4-2-1-3-5-15)10-8-14(9-11-20)26-18(27)16-7-6-13(21(23,24)25)12-17(16)19(26)28/h1-7,12,14H,8-11H2. The third-order valence-corrected chi connectivity index (χ3v) is 8.11. The second kappa shape index (κ2) is 7.15. The highest BCUT2D eigenvalue weighted by Crippen LogP contribution is 2.43. The monoisotopic (exact) mass is 455 g/mol. The van der Waals surface area contributed by atoms with Crippen LogP contribution in [0, 0.1) is 0 Å². The van der Waals surface area contributed by atoms with Crippen LogP contribution in [0.1, 0.15) is 52.0 Å². The molecule has 0 spiro atoms. The van der Waals surface area contributed by atoms with Gasteiger partial charge < -0.3 is 0 Å². The van der Waals surface area contributed by atoms with E-state index >= 15 is 4.39 Å². The van der Waals surface area contributed by atoms with Gasteiger partial charge in [0.05, 0.1) is 21.6 Å². The van der Waals surface area contributed by atoms with Gasteiger partial charge in [0.1, 0.15) is 0 Å². The van der Waals surface area contributed by atoms with Gasteiger partial charge in [-0.25, -0.2) is 12.8 Å². The maximum Gasteiger partial charge on any atom is 0.416 e. The normalized spacial score (nSPS) is 24.4. The van der Waals surface area contributed by atoms with E-state index in [2.05, 4.69) is 0 Å². The van der Waals surface area contributed by atoms with Crippen molar-refractivity contribution in [3.05, 3.63) is 65.2 Å². The highest BCUT2D eigenvalue weighted by molar-refractivity contribution is 7.92. The highest BCUT2D eigenvalue weighted by atomic mass is 32.2. The number of imide groups is 1. The Morgan fingerprint density at radius 2 is 1.48 bits per heavy atom. The van der Waals surface area contributed by atoms with Gasteiger partial charge in [-0.15, -0.1) is 0 Å². The Morgan fingerprint density at radius 3 is 2.06 bits per heavy atom. The predicted octanol–water partition coefficient (Wildman–Crippen LogP) is 4.38. The van der Waals surface area contributed by atoms with E-state index in [0.717, 1.165) is 17.0 Å². The fraction of sp³-hybridized carbons (Fsp3) is 0.333. The lowest BCUT2D eigenvalue weighted by Crippen LogP contribution is -2.47. The van der Waals surface area contributed by atoms with Gasteiger partial charge in [0.15, 0.2) is 0 Å². The average molecular weight is 455 g/mol. The van der Waals surface area contributed by atoms with Crippen molar-refractivity contribution in [3.63, 3.8) is 0 Å². The number of rotatable bonds is 3. The summed E-state index contributed by atoms with van der Waals surface area (Å²) in [6.07, 6.45) is -5.76. The molecule has 0 atom stereocenters. The summed E-state index contributed by atoms with van der Waals surface area (Å²) in [5.41, 5.74) is -1.55. The minimum absolute atomic E-state index is 0.111. The minimum Gasteiger partial charge on any atom is -0.271 e. The quantitative estimate of drug-likeness (QED) is 0.509. The first-order valence-corrected chi connectivity index (χ1v) is 11.0. The van der Waals surface area contributed by atoms with E-state index in [1.165, 1.54) is 24.3 Å². The Bertz CT molecular complexity index is 1150. The summed E-state index contributed by atoms with van der Waals surface area (Å²) in [6.45, 7) is 0. The minimum atomic E-state index is -4.67. The molecule has 1 saturated carbocycles. The molecular formula is C21H17F4NO4S. The second-order valence-corrected chi connectivity index (χ2v) is 9.88. The van der Waals surface area contributed by atoms with E-state index in [4.69, 9.17) is 0 Å². The van der Waals surface area contributed by atoms with Crippen molar-refractivity contribution in [2.45, 2.75) is 47.8 Å². The summed E-state index contributed by atoms with van der Waals surface area (Å²) in [4.78, 5) is 26.0. The molecule has 4 rings (SSSR count). The number of carbonyl (C=O) groups excluding carboxylic acids is 2. The molecule has 1 heterocycles. The number of nitrogens with zero attached hydrogens (tertiary/aromatic N) is 1. The van der Waals surface area contributed by atoms with Crippen LogP contribution in [0.2, 0.25) is 0 Å². The van der Waals surface area contributed by atoms with Gasteiger partial charge in [0.2, 0.25) is 14.8 Å². The molecule has 5 nitrogen and oxygen atoms in total. The number of sulfone groups is 1. The van der Waals surface area contributed by atoms with Crippen molar-refractivity contribution in [3.8, 4) is 0 Å². The van der Waals surface area contributed by atoms with Crippen LogP contribution in [0.5, 0.6) is 0 Å². The number of amides is 2. The van der Waals surface area contributed by atoms with Gasteiger partial charge in [0.25, 0.3) is 11.8 Å². The van der Waals surface area contributed by atoms with Crippen molar-refractivity contribution >= 4 is 21.7 Å². The zero-order chi connectivity index (χ0) is 22.6. The zero-order valence-electron chi connectivity index (χ0n) is 16.0. The third kappa shape index (κ3) is 3.42. The van der Waals surface area contributed by atoms with E-state index in [1.54, 1.807) is 6.07 Å². The molecule has 164 valence electrons. The van der Waals surface area contributed by atoms with Gasteiger partial charge in [-0.3, -0.25) is 14.5 Å². The Balaban J connectivity index is 1.55. The number of halogens is 4. The molecule has 0 aromatic heterocycles. The van der Waals surface area contributed by atoms with Crippen molar-refractivity contribution in [1.29, 1.82) is 0 Å². The number of fused-ring (bicyclic) bond motifs is 1. The van der Waals surface area contributed by atoms with E-state index in [-0.39, 0.29) is 28.9 Å². The number of alkyl halides is 4. The molecule has 0 bridgehead atoms. The topological polar surface area (TPSA) is 71.5 Å². The highest BCUT2D eigenvalue weighted by Gasteiger charge is 2.51. The first-order valence-electron chi connectivity index (χ1n) is 9.53. The lowest BCUT2D eigenvalue weighted by Gasteiger charge is -2.36. The first kappa shape index (κ1) is 21.5. The van der Waals surface area contributed by atoms with E-state index in [9.17, 15) is 31.2 Å². The average Bonchev–Trinajstić information content (AvgIpc) is 2.98. The number of hydrogen-bond donors (Lipinski definition) is 0. The molecule has 0 N–H and O–H groups in total. The second-order valence-electron chi connectivity index (χ2n) is 7.67. The van der Waals surface area contributed by atoms with Gasteiger partial charge in [-0.05, 0) is 56.0 Å². The molecule has 2 aliphatic rings. The lowest BCUT2D eigenvalue weighted by atomic mass is 9.92. The summed E-state index contributed by atoms with van der Waals surface area (Å²) in [5.74, 6) is -1.63. The van der Waals surface area contributed by atoms with Gasteiger partial charge in [-0.1, -0.05) is 18.2 Å². The van der Waals surface area contributed by atoms with E-state index in [0.29, 0.717) is 6.07 Å². The SMILES string of the molecule is O=C1c2ccc(C(F)(F)F)cc2C(=O)N1C1CCC(F)(S(=O)(=O)c2ccccc2)CC1. The molecule has 1 aliphatic heterocycles. The molecule has 10 heteroatoms. The molecule has 0 radical (unpaired) electrons. The van der Waals surface area contributed by atoms with Gasteiger partial charge in [-0.2, -0.15) is 13.2 Å². The summed E-state index contributed by atoms with van der Waals surface area (Å²) in [7, 11) is -4.29. The Kier molecular flexibility index (Phi) is 4.95. The van der Waals surface area contributed by atoms with Crippen LogP contribution < -0.4 is 0 Å². The number of benzene rings is 2. The summed E-state index contributed by atoms with van der Waals surface area (Å²) in [6, 6.07) is 8.69. The van der Waals surface area contributed by atoms with Crippen LogP contribution in [0.3, 0.4) is 0 Å². The molecule has 0 unspecified atom stereocenters. The zero-order valence-corrected chi connectivity index (χ0v) is 16.8. The molecular weight excluding hydrogens is 438 g/mol. The predicted molar refractivity (Wildman–Crippen MR) is 102 cm³/mol. The molecule has 2 aromatic carbocycles. The summed E-state index contributed by atoms with van der Waals surface area (Å²) in [5, 5.41) is -2.55. The molecule has 0 saturated heterocycles. The molecule has 1 fully saturated rings. The van der Waals surface area contributed by atoms with Crippen LogP contribution >= 0.6 is 0 Å². The Hall–Kier alpha value is -2.75. The smallest absolute Gasteiger partial charge is 0.271 e. The van der Waals surface area contributed by atoms with Crippen molar-refractivity contribution in [2.75, 3.05) is 0 Å². The molecule has 2 aromatic rings. The van der Waals surface area contributed by atoms with Gasteiger partial charge in [0, 0.05) is 6.04 Å². The lowest BCUT2D eigenvalue weighted by molar-refractivity contribution is -0.137. The fourth-order valence-corrected chi connectivity index (χ4v) is 5.85. The Labute approximate surface area is 175 Å². The largest absolute Gasteiger partial charge is 0.416 e. The number of hydrogen-bond acceptors (Lipinski definition) is 4. The van der Waals surface area contributed by atoms with Crippen LogP contribution in [0.15, 0.2) is 53.4 Å². The first-order chi connectivity index (χ1) is 14.5. The van der Waals surface area contributed by atoms with E-state index in [1.807, 2.05) is 0 Å². The summed E-state index contributed by atoms with van der Waals surface area (Å²) >= 11 is 0. The van der Waals surface area contributed by atoms with Crippen LogP contribution in [0.25, 0.3) is 0 Å². The van der Waals surface area contributed by atoms with E-state index < -0.39 is 57.3 Å². The third-order valence-electron chi connectivity index (χ3n) is 5.85. The van der Waals surface area contributed by atoms with Crippen molar-refractivity contribution in [2.24, 2.45) is 0 Å². The summed E-state index contributed by atoms with van der Waals surface area (Å²) < 4.78 is 79.8. The van der Waals surface area contributed by atoms with Crippen LogP contribution in [0.4, 0.5) is 17.6 Å². The molecule has 31 heavy (non-hydrogen) atoms. The fourth-order valence-electron chi connectivity index (χ4n) is 4.14. The number of carbonyl (C=O) groups is 2. The van der Waals surface area contributed by atoms with Crippen LogP contribution in [-0.2, 0) is 16.0 Å². The van der Waals surface area contributed by atoms with Crippen molar-refractivity contribution < 1.29 is 35.6 Å². The molecule has 1 aliphatic carbocycles. The maximum atomic E-state index is 15.4. The molecule has 2 amide bonds. The van der Waals surface area contributed by atoms with Gasteiger partial charge >= 0.3 is 6.18 Å². The van der Waals surface area contributed by atoms with Crippen LogP contribution in [-0.4, -0.2) is 36.2 Å². The van der Waals surface area contributed by atoms with Crippen molar-refractivity contribution in [1.82, 2.24) is 4.90 Å². The Morgan fingerprint density at radius 1 is 0.903 bits per heavy atom.